The Kier molecular flexibility index (Phi) is 5.77. The number of hydrogen-bond acceptors (Lipinski definition) is 4. The smallest absolute Gasteiger partial charge is 0.119 e. The summed E-state index contributed by atoms with van der Waals surface area (Å²) < 4.78 is 10.7. The summed E-state index contributed by atoms with van der Waals surface area (Å²) in [5.74, 6) is 0.462. The van der Waals surface area contributed by atoms with Crippen molar-refractivity contribution in [3.8, 4) is 0 Å². The molecule has 0 aromatic carbocycles. The largest absolute Gasteiger partial charge is 0.381 e. The first-order valence-electron chi connectivity index (χ1n) is 5.98. The Balaban J connectivity index is 2.64. The van der Waals surface area contributed by atoms with Gasteiger partial charge in [0.15, 0.2) is 0 Å². The SMILES string of the molecule is COCN1C=N[C@@H](C)C(C)[C@H](OC)CCC1. The van der Waals surface area contributed by atoms with Crippen LogP contribution in [0.5, 0.6) is 0 Å². The van der Waals surface area contributed by atoms with Gasteiger partial charge in [0.1, 0.15) is 6.73 Å². The van der Waals surface area contributed by atoms with Crippen LogP contribution in [0, 0.1) is 5.92 Å². The Morgan fingerprint density at radius 2 is 2.12 bits per heavy atom. The molecule has 1 unspecified atom stereocenters. The highest BCUT2D eigenvalue weighted by Crippen LogP contribution is 2.20. The normalized spacial score (nSPS) is 32.0. The summed E-state index contributed by atoms with van der Waals surface area (Å²) in [6.07, 6.45) is 4.44. The molecule has 3 atom stereocenters. The molecule has 4 nitrogen and oxygen atoms in total. The lowest BCUT2D eigenvalue weighted by Gasteiger charge is -2.24. The third kappa shape index (κ3) is 3.76. The summed E-state index contributed by atoms with van der Waals surface area (Å²) in [5.41, 5.74) is 0. The number of ether oxygens (including phenoxy) is 2. The van der Waals surface area contributed by atoms with Crippen molar-refractivity contribution in [2.24, 2.45) is 10.9 Å². The van der Waals surface area contributed by atoms with Gasteiger partial charge in [0.05, 0.1) is 18.5 Å². The standard InChI is InChI=1S/C12H24N2O2/c1-10-11(2)13-8-14(9-15-3)7-5-6-12(10)16-4/h8,10-12H,5-7,9H2,1-4H3/t10?,11-,12+/m0/s1. The van der Waals surface area contributed by atoms with Crippen LogP contribution in [-0.4, -0.2) is 50.9 Å². The lowest BCUT2D eigenvalue weighted by Crippen LogP contribution is -2.28. The van der Waals surface area contributed by atoms with Crippen LogP contribution in [0.15, 0.2) is 4.99 Å². The molecule has 4 heteroatoms. The number of rotatable bonds is 3. The summed E-state index contributed by atoms with van der Waals surface area (Å²) in [5, 5.41) is 0. The van der Waals surface area contributed by atoms with E-state index in [-0.39, 0.29) is 0 Å². The Labute approximate surface area is 98.6 Å². The third-order valence-corrected chi connectivity index (χ3v) is 3.34. The third-order valence-electron chi connectivity index (χ3n) is 3.34. The fourth-order valence-electron chi connectivity index (χ4n) is 2.06. The molecule has 0 fully saturated rings. The Bertz CT molecular complexity index is 221. The molecule has 0 amide bonds. The molecule has 0 bridgehead atoms. The second-order valence-electron chi connectivity index (χ2n) is 4.51. The van der Waals surface area contributed by atoms with E-state index >= 15 is 0 Å². The maximum atomic E-state index is 5.54. The Morgan fingerprint density at radius 3 is 2.75 bits per heavy atom. The molecule has 1 aliphatic heterocycles. The van der Waals surface area contributed by atoms with Gasteiger partial charge in [0, 0.05) is 26.7 Å². The van der Waals surface area contributed by atoms with Gasteiger partial charge in [0.2, 0.25) is 0 Å². The van der Waals surface area contributed by atoms with E-state index in [4.69, 9.17) is 9.47 Å². The van der Waals surface area contributed by atoms with Crippen LogP contribution in [0.25, 0.3) is 0 Å². The highest BCUT2D eigenvalue weighted by atomic mass is 16.5. The minimum Gasteiger partial charge on any atom is -0.381 e. The molecule has 0 aromatic rings. The van der Waals surface area contributed by atoms with Gasteiger partial charge in [0.25, 0.3) is 0 Å². The maximum absolute atomic E-state index is 5.54. The number of hydrogen-bond donors (Lipinski definition) is 0. The van der Waals surface area contributed by atoms with Crippen molar-refractivity contribution in [2.75, 3.05) is 27.5 Å². The van der Waals surface area contributed by atoms with Gasteiger partial charge in [-0.2, -0.15) is 0 Å². The monoisotopic (exact) mass is 228 g/mol. The highest BCUT2D eigenvalue weighted by molar-refractivity contribution is 5.55. The second-order valence-corrected chi connectivity index (χ2v) is 4.51. The first-order valence-corrected chi connectivity index (χ1v) is 5.98. The average molecular weight is 228 g/mol. The van der Waals surface area contributed by atoms with Crippen LogP contribution < -0.4 is 0 Å². The van der Waals surface area contributed by atoms with E-state index < -0.39 is 0 Å². The zero-order valence-electron chi connectivity index (χ0n) is 10.8. The molecular weight excluding hydrogens is 204 g/mol. The van der Waals surface area contributed by atoms with Crippen LogP contribution >= 0.6 is 0 Å². The summed E-state index contributed by atoms with van der Waals surface area (Å²) >= 11 is 0. The predicted octanol–water partition coefficient (Wildman–Crippen LogP) is 1.75. The van der Waals surface area contributed by atoms with E-state index in [0.717, 1.165) is 19.4 Å². The minimum atomic E-state index is 0.294. The molecule has 0 aromatic heterocycles. The van der Waals surface area contributed by atoms with Crippen molar-refractivity contribution in [2.45, 2.75) is 38.8 Å². The summed E-state index contributed by atoms with van der Waals surface area (Å²) in [7, 11) is 3.51. The maximum Gasteiger partial charge on any atom is 0.119 e. The quantitative estimate of drug-likeness (QED) is 0.738. The van der Waals surface area contributed by atoms with Gasteiger partial charge < -0.3 is 14.4 Å². The predicted molar refractivity (Wildman–Crippen MR) is 65.7 cm³/mol. The molecule has 1 aliphatic rings. The van der Waals surface area contributed by atoms with Crippen LogP contribution in [0.3, 0.4) is 0 Å². The molecule has 94 valence electrons. The van der Waals surface area contributed by atoms with Gasteiger partial charge in [-0.3, -0.25) is 4.99 Å². The molecule has 0 N–H and O–H groups in total. The minimum absolute atomic E-state index is 0.294. The summed E-state index contributed by atoms with van der Waals surface area (Å²) in [6.45, 7) is 5.95. The van der Waals surface area contributed by atoms with Gasteiger partial charge >= 0.3 is 0 Å². The molecule has 0 radical (unpaired) electrons. The molecule has 0 aliphatic carbocycles. The topological polar surface area (TPSA) is 34.1 Å². The fraction of sp³-hybridized carbons (Fsp3) is 0.917. The van der Waals surface area contributed by atoms with Gasteiger partial charge in [-0.15, -0.1) is 0 Å². The lowest BCUT2D eigenvalue weighted by molar-refractivity contribution is 0.0418. The number of methoxy groups -OCH3 is 2. The Morgan fingerprint density at radius 1 is 1.38 bits per heavy atom. The van der Waals surface area contributed by atoms with E-state index in [1.807, 2.05) is 6.34 Å². The van der Waals surface area contributed by atoms with E-state index in [0.29, 0.717) is 24.8 Å². The second kappa shape index (κ2) is 6.86. The highest BCUT2D eigenvalue weighted by Gasteiger charge is 2.23. The van der Waals surface area contributed by atoms with Gasteiger partial charge in [-0.05, 0) is 19.8 Å². The van der Waals surface area contributed by atoms with Gasteiger partial charge in [-0.1, -0.05) is 6.92 Å². The first-order chi connectivity index (χ1) is 7.69. The van der Waals surface area contributed by atoms with Crippen LogP contribution in [0.4, 0.5) is 0 Å². The summed E-state index contributed by atoms with van der Waals surface area (Å²) in [6, 6.07) is 0.294. The van der Waals surface area contributed by atoms with E-state index in [1.165, 1.54) is 0 Å². The van der Waals surface area contributed by atoms with Crippen molar-refractivity contribution in [1.29, 1.82) is 0 Å². The average Bonchev–Trinajstić information content (AvgIpc) is 2.34. The molecule has 0 spiro atoms. The Hall–Kier alpha value is -0.610. The molecule has 0 saturated carbocycles. The van der Waals surface area contributed by atoms with E-state index in [2.05, 4.69) is 23.7 Å². The summed E-state index contributed by atoms with van der Waals surface area (Å²) in [4.78, 5) is 6.68. The number of aliphatic imine (C=N–C) groups is 1. The van der Waals surface area contributed by atoms with E-state index in [1.54, 1.807) is 14.2 Å². The zero-order valence-corrected chi connectivity index (χ0v) is 10.8. The van der Waals surface area contributed by atoms with Crippen molar-refractivity contribution in [3.05, 3.63) is 0 Å². The van der Waals surface area contributed by atoms with Gasteiger partial charge in [-0.25, -0.2) is 0 Å². The van der Waals surface area contributed by atoms with Crippen LogP contribution in [-0.2, 0) is 9.47 Å². The molecule has 1 rings (SSSR count). The van der Waals surface area contributed by atoms with Crippen LogP contribution in [0.1, 0.15) is 26.7 Å². The first kappa shape index (κ1) is 13.5. The lowest BCUT2D eigenvalue weighted by atomic mass is 9.94. The molecule has 16 heavy (non-hydrogen) atoms. The van der Waals surface area contributed by atoms with Crippen molar-refractivity contribution in [1.82, 2.24) is 4.90 Å². The van der Waals surface area contributed by atoms with Crippen molar-refractivity contribution >= 4 is 6.34 Å². The molecule has 1 heterocycles. The van der Waals surface area contributed by atoms with Crippen molar-refractivity contribution < 1.29 is 9.47 Å². The zero-order chi connectivity index (χ0) is 12.0. The fourth-order valence-corrected chi connectivity index (χ4v) is 2.06. The molecular formula is C12H24N2O2. The van der Waals surface area contributed by atoms with Crippen LogP contribution in [0.2, 0.25) is 0 Å². The van der Waals surface area contributed by atoms with Crippen molar-refractivity contribution in [3.63, 3.8) is 0 Å². The van der Waals surface area contributed by atoms with E-state index in [9.17, 15) is 0 Å². The molecule has 0 saturated heterocycles. The number of nitrogens with zero attached hydrogens (tertiary/aromatic N) is 2.